The molecule has 5 aliphatic rings. The Morgan fingerprint density at radius 2 is 1.28 bits per heavy atom. The fraction of sp³-hybridized carbons (Fsp3) is 0.667. The smallest absolute Gasteiger partial charge is 0.220 e. The van der Waals surface area contributed by atoms with Gasteiger partial charge in [-0.15, -0.1) is 0 Å². The maximum atomic E-state index is 13.5. The predicted molar refractivity (Wildman–Crippen MR) is 254 cm³/mol. The number of rotatable bonds is 20. The largest absolute Gasteiger partial charge is 0.392 e. The van der Waals surface area contributed by atoms with Crippen molar-refractivity contribution in [3.63, 3.8) is 0 Å². The molecule has 1 saturated heterocycles. The van der Waals surface area contributed by atoms with Crippen LogP contribution in [0.2, 0.25) is 0 Å². The van der Waals surface area contributed by atoms with E-state index < -0.39 is 98.5 Å². The highest BCUT2D eigenvalue weighted by Gasteiger charge is 2.66. The summed E-state index contributed by atoms with van der Waals surface area (Å²) in [5, 5.41) is 16.4. The lowest BCUT2D eigenvalue weighted by molar-refractivity contribution is -0.124. The molecule has 0 spiro atoms. The van der Waals surface area contributed by atoms with Crippen molar-refractivity contribution in [2.45, 2.75) is 151 Å². The number of hydrogen-bond donors (Lipinski definition) is 9. The van der Waals surface area contributed by atoms with Crippen LogP contribution in [0.15, 0.2) is 49.3 Å². The van der Waals surface area contributed by atoms with Gasteiger partial charge in [0.05, 0.1) is 17.7 Å². The Bertz CT molecular complexity index is 2310. The van der Waals surface area contributed by atoms with Gasteiger partial charge in [-0.25, -0.2) is 0 Å². The van der Waals surface area contributed by atoms with Crippen molar-refractivity contribution in [1.82, 2.24) is 10.6 Å². The van der Waals surface area contributed by atoms with E-state index in [2.05, 4.69) is 10.6 Å². The zero-order valence-corrected chi connectivity index (χ0v) is 40.6. The van der Waals surface area contributed by atoms with Crippen LogP contribution in [-0.2, 0) is 33.6 Å². The highest BCUT2D eigenvalue weighted by Crippen LogP contribution is 2.62. The lowest BCUT2D eigenvalue weighted by atomic mass is 9.55. The molecule has 5 heterocycles. The molecule has 67 heavy (non-hydrogen) atoms. The molecule has 1 unspecified atom stereocenters. The third-order valence-corrected chi connectivity index (χ3v) is 16.1. The molecule has 7 amide bonds. The number of primary amides is 6. The van der Waals surface area contributed by atoms with Gasteiger partial charge in [-0.3, -0.25) is 48.5 Å². The minimum Gasteiger partial charge on any atom is -0.392 e. The summed E-state index contributed by atoms with van der Waals surface area (Å²) in [6, 6.07) is -0.913. The second kappa shape index (κ2) is 19.1. The van der Waals surface area contributed by atoms with Crippen molar-refractivity contribution >= 4 is 58.5 Å². The number of allylic oxidation sites excluding steroid dienone is 6. The molecule has 10 atom stereocenters. The van der Waals surface area contributed by atoms with Crippen molar-refractivity contribution in [2.24, 2.45) is 94.7 Å². The van der Waals surface area contributed by atoms with E-state index in [4.69, 9.17) is 49.4 Å². The second-order valence-electron chi connectivity index (χ2n) is 21.2. The molecule has 5 aliphatic heterocycles. The van der Waals surface area contributed by atoms with Gasteiger partial charge in [-0.2, -0.15) is 0 Å². The van der Waals surface area contributed by atoms with Gasteiger partial charge < -0.3 is 50.1 Å². The van der Waals surface area contributed by atoms with E-state index in [9.17, 15) is 38.7 Å². The van der Waals surface area contributed by atoms with Crippen LogP contribution in [-0.4, -0.2) is 87.8 Å². The minimum atomic E-state index is -1.39. The normalized spacial score (nSPS) is 34.1. The number of aliphatic hydroxyl groups is 1. The molecule has 0 aromatic heterocycles. The van der Waals surface area contributed by atoms with Crippen LogP contribution in [0.4, 0.5) is 0 Å². The summed E-state index contributed by atoms with van der Waals surface area (Å²) in [6.07, 6.45) is 1.23. The summed E-state index contributed by atoms with van der Waals surface area (Å²) in [5.41, 5.74) is 34.9. The van der Waals surface area contributed by atoms with E-state index in [-0.39, 0.29) is 76.7 Å². The first-order valence-corrected chi connectivity index (χ1v) is 23.3. The minimum absolute atomic E-state index is 0.0237. The van der Waals surface area contributed by atoms with Gasteiger partial charge in [0.1, 0.15) is 0 Å². The Morgan fingerprint density at radius 1 is 0.731 bits per heavy atom. The SMILES string of the molecule is CC1=C2N/C(=C\C3=NC(=C(/C)C4=NC([C@H](CC(N)=O)[C@@]4(C)CCC(=O)NC[C@@H](C)O)[C@]4(C)N=C1[C@@H](CCC(N)=O)[C@]4(C)CC(N)=O)/[C@@H](CCC(N)=O)C3(C)C)[C@@H](CCC(N)=O)[C@]2(C)CC(N)=O. The highest BCUT2D eigenvalue weighted by atomic mass is 16.3. The zero-order chi connectivity index (χ0) is 50.4. The fourth-order valence-corrected chi connectivity index (χ4v) is 12.3. The molecular formula is C48H73N11O8. The first-order chi connectivity index (χ1) is 30.9. The first-order valence-electron chi connectivity index (χ1n) is 23.3. The van der Waals surface area contributed by atoms with Crippen LogP contribution in [0, 0.1) is 45.3 Å². The molecule has 0 aromatic rings. The summed E-state index contributed by atoms with van der Waals surface area (Å²) < 4.78 is 0. The molecule has 5 rings (SSSR count). The number of nitrogens with zero attached hydrogens (tertiary/aromatic N) is 3. The molecule has 0 aliphatic carbocycles. The third kappa shape index (κ3) is 9.84. The zero-order valence-electron chi connectivity index (χ0n) is 40.6. The maximum absolute atomic E-state index is 13.5. The van der Waals surface area contributed by atoms with E-state index in [0.29, 0.717) is 51.8 Å². The number of carbonyl (C=O) groups excluding carboxylic acids is 7. The summed E-state index contributed by atoms with van der Waals surface area (Å²) in [6.45, 7) is 16.9. The highest BCUT2D eigenvalue weighted by molar-refractivity contribution is 6.10. The number of amides is 7. The summed E-state index contributed by atoms with van der Waals surface area (Å²) in [5.74, 6) is -6.25. The van der Waals surface area contributed by atoms with Gasteiger partial charge in [-0.1, -0.05) is 34.6 Å². The lowest BCUT2D eigenvalue weighted by Crippen LogP contribution is -2.56. The van der Waals surface area contributed by atoms with Crippen LogP contribution in [0.1, 0.15) is 133 Å². The second-order valence-corrected chi connectivity index (χ2v) is 21.2. The van der Waals surface area contributed by atoms with Crippen LogP contribution in [0.5, 0.6) is 0 Å². The molecule has 8 bridgehead atoms. The fourth-order valence-electron chi connectivity index (χ4n) is 12.3. The molecule has 0 radical (unpaired) electrons. The summed E-state index contributed by atoms with van der Waals surface area (Å²) in [4.78, 5) is 108. The van der Waals surface area contributed by atoms with Gasteiger partial charge in [0.2, 0.25) is 41.4 Å². The van der Waals surface area contributed by atoms with Crippen molar-refractivity contribution in [3.8, 4) is 0 Å². The lowest BCUT2D eigenvalue weighted by Gasteiger charge is -2.48. The number of fused-ring (bicyclic) bond motifs is 6. The number of aliphatic hydroxyl groups excluding tert-OH is 1. The summed E-state index contributed by atoms with van der Waals surface area (Å²) in [7, 11) is 0. The molecule has 0 saturated carbocycles. The van der Waals surface area contributed by atoms with Gasteiger partial charge in [0.15, 0.2) is 0 Å². The van der Waals surface area contributed by atoms with E-state index >= 15 is 0 Å². The number of nitrogens with one attached hydrogen (secondary N) is 2. The number of hydrogen-bond acceptors (Lipinski definition) is 12. The number of nitrogens with two attached hydrogens (primary N) is 6. The average Bonchev–Trinajstić information content (AvgIpc) is 3.80. The average molecular weight is 932 g/mol. The Kier molecular flexibility index (Phi) is 14.9. The van der Waals surface area contributed by atoms with Crippen LogP contribution in [0.3, 0.4) is 0 Å². The number of carbonyl (C=O) groups is 7. The van der Waals surface area contributed by atoms with E-state index in [1.165, 1.54) is 0 Å². The molecular weight excluding hydrogens is 859 g/mol. The van der Waals surface area contributed by atoms with E-state index in [1.807, 2.05) is 61.5 Å². The van der Waals surface area contributed by atoms with Crippen LogP contribution in [0.25, 0.3) is 0 Å². The molecule has 1 fully saturated rings. The Hall–Kier alpha value is -5.72. The Balaban J connectivity index is 2.00. The van der Waals surface area contributed by atoms with Crippen molar-refractivity contribution in [1.29, 1.82) is 0 Å². The van der Waals surface area contributed by atoms with E-state index in [0.717, 1.165) is 0 Å². The van der Waals surface area contributed by atoms with Crippen molar-refractivity contribution in [2.75, 3.05) is 6.54 Å². The van der Waals surface area contributed by atoms with Gasteiger partial charge in [-0.05, 0) is 70.6 Å². The summed E-state index contributed by atoms with van der Waals surface area (Å²) >= 11 is 0. The van der Waals surface area contributed by atoms with Crippen LogP contribution >= 0.6 is 0 Å². The Labute approximate surface area is 393 Å². The van der Waals surface area contributed by atoms with Gasteiger partial charge in [0, 0.05) is 131 Å². The van der Waals surface area contributed by atoms with Crippen LogP contribution < -0.4 is 45.0 Å². The monoisotopic (exact) mass is 932 g/mol. The molecule has 19 heteroatoms. The predicted octanol–water partition coefficient (Wildman–Crippen LogP) is 1.74. The number of aliphatic imine (C=N–C) groups is 3. The van der Waals surface area contributed by atoms with Gasteiger partial charge >= 0.3 is 0 Å². The molecule has 19 nitrogen and oxygen atoms in total. The first kappa shape index (κ1) is 52.3. The third-order valence-electron chi connectivity index (χ3n) is 16.1. The van der Waals surface area contributed by atoms with Crippen molar-refractivity contribution in [3.05, 3.63) is 34.3 Å². The van der Waals surface area contributed by atoms with Crippen molar-refractivity contribution < 1.29 is 38.7 Å². The van der Waals surface area contributed by atoms with Gasteiger partial charge in [0.25, 0.3) is 0 Å². The standard InChI is InChI=1S/C48H73N11O8/c1-23(60)22-55-38(67)16-17-45(6)29(18-35(52)64)43-48(9)47(8,21-37(54)66)28(12-15-34(51)63)40(59-48)25(3)42-46(7,20-36(53)65)26(10-13-32(49)61)30(56-42)19-31-44(4,5)27(11-14-33(50)62)39(57-31)24(2)41(45)58-43/h19,23,26-29,43,56,60H,10-18,20-22H2,1-9H3,(H2,49,61)(H2,50,62)(H2,51,63)(H2,52,64)(H2,53,65)(H2,54,66)(H,55,67)/b30-19-,39-24-,42-25?/t23-,26-,27-,28-,29+,43?,45-,46+,47+,48+/m1/s1. The molecule has 368 valence electrons. The molecule has 15 N–H and O–H groups in total. The maximum Gasteiger partial charge on any atom is 0.220 e. The molecule has 0 aromatic carbocycles. The Morgan fingerprint density at radius 3 is 1.81 bits per heavy atom. The topological polar surface area (TPSA) is 357 Å². The van der Waals surface area contributed by atoms with E-state index in [1.54, 1.807) is 6.92 Å². The quantitative estimate of drug-likeness (QED) is 0.0857.